The number of rotatable bonds is 3. The summed E-state index contributed by atoms with van der Waals surface area (Å²) in [4.78, 5) is 21.3. The van der Waals surface area contributed by atoms with Crippen molar-refractivity contribution in [3.8, 4) is 0 Å². The molecule has 0 bridgehead atoms. The minimum absolute atomic E-state index is 0.00829. The molecule has 1 fully saturated rings. The van der Waals surface area contributed by atoms with E-state index < -0.39 is 33.6 Å². The fourth-order valence-electron chi connectivity index (χ4n) is 1.10. The molecule has 2 N–H and O–H groups in total. The largest absolute Gasteiger partial charge is 0.346 e. The summed E-state index contributed by atoms with van der Waals surface area (Å²) in [5.74, 6) is -1.66. The molecule has 1 amide bonds. The van der Waals surface area contributed by atoms with Crippen LogP contribution in [0.2, 0.25) is 0 Å². The lowest BCUT2D eigenvalue weighted by Gasteiger charge is -2.05. The van der Waals surface area contributed by atoms with Crippen LogP contribution in [0.5, 0.6) is 0 Å². The molecule has 0 saturated carbocycles. The zero-order chi connectivity index (χ0) is 10.1. The summed E-state index contributed by atoms with van der Waals surface area (Å²) in [6.45, 7) is 0. The first-order valence-corrected chi connectivity index (χ1v) is 5.28. The van der Waals surface area contributed by atoms with Gasteiger partial charge in [-0.15, -0.1) is 0 Å². The van der Waals surface area contributed by atoms with E-state index in [4.69, 9.17) is 4.55 Å². The van der Waals surface area contributed by atoms with Crippen LogP contribution in [0.4, 0.5) is 0 Å². The monoisotopic (exact) mass is 207 g/mol. The van der Waals surface area contributed by atoms with Gasteiger partial charge >= 0.3 is 0 Å². The third-order valence-electron chi connectivity index (χ3n) is 1.74. The van der Waals surface area contributed by atoms with Gasteiger partial charge in [0, 0.05) is 12.5 Å². The van der Waals surface area contributed by atoms with Crippen LogP contribution in [0.25, 0.3) is 0 Å². The Morgan fingerprint density at radius 3 is 2.46 bits per heavy atom. The molecule has 0 unspecified atom stereocenters. The highest BCUT2D eigenvalue weighted by molar-refractivity contribution is 7.85. The maximum Gasteiger partial charge on any atom is 0.287 e. The molecule has 0 aliphatic carbocycles. The zero-order valence-corrected chi connectivity index (χ0v) is 7.50. The Balaban J connectivity index is 2.42. The van der Waals surface area contributed by atoms with Gasteiger partial charge in [0.25, 0.3) is 16.0 Å². The summed E-state index contributed by atoms with van der Waals surface area (Å²) in [5, 5.41) is 2.31. The van der Waals surface area contributed by atoms with Gasteiger partial charge in [-0.2, -0.15) is 8.42 Å². The van der Waals surface area contributed by atoms with E-state index in [-0.39, 0.29) is 12.8 Å². The Labute approximate surface area is 75.1 Å². The summed E-state index contributed by atoms with van der Waals surface area (Å²) in [7, 11) is -4.01. The van der Waals surface area contributed by atoms with E-state index in [0.717, 1.165) is 0 Å². The Morgan fingerprint density at radius 1 is 1.46 bits per heavy atom. The number of ketones is 1. The van der Waals surface area contributed by atoms with Crippen LogP contribution in [-0.4, -0.2) is 36.5 Å². The Hall–Kier alpha value is -0.950. The first-order valence-electron chi connectivity index (χ1n) is 3.67. The second-order valence-corrected chi connectivity index (χ2v) is 4.44. The molecule has 7 heteroatoms. The van der Waals surface area contributed by atoms with E-state index in [2.05, 4.69) is 5.32 Å². The van der Waals surface area contributed by atoms with Crippen molar-refractivity contribution >= 4 is 21.8 Å². The first kappa shape index (κ1) is 10.1. The number of carbonyl (C=O) groups excluding carboxylic acids is 2. The van der Waals surface area contributed by atoms with Crippen molar-refractivity contribution in [2.45, 2.75) is 18.9 Å². The quantitative estimate of drug-likeness (QED) is 0.443. The van der Waals surface area contributed by atoms with Gasteiger partial charge in [-0.25, -0.2) is 0 Å². The van der Waals surface area contributed by atoms with Crippen molar-refractivity contribution in [1.29, 1.82) is 0 Å². The average Bonchev–Trinajstić information content (AvgIpc) is 2.27. The standard InChI is InChI=1S/C6H9NO5S/c8-5-3-4(7-6(5)9)1-2-13(10,11)12/h4H,1-3H2,(H,7,9)(H,10,11,12)/t4-/m0/s1. The first-order chi connectivity index (χ1) is 5.88. The SMILES string of the molecule is O=C1C[C@H](CCS(=O)(=O)O)NC1=O. The van der Waals surface area contributed by atoms with Crippen LogP contribution < -0.4 is 5.32 Å². The van der Waals surface area contributed by atoms with E-state index in [1.807, 2.05) is 0 Å². The highest BCUT2D eigenvalue weighted by Gasteiger charge is 2.29. The number of carbonyl (C=O) groups is 2. The highest BCUT2D eigenvalue weighted by Crippen LogP contribution is 2.07. The number of Topliss-reactive ketones (excluding diaryl/α,β-unsaturated/α-hetero) is 1. The average molecular weight is 207 g/mol. The normalized spacial score (nSPS) is 23.3. The van der Waals surface area contributed by atoms with Crippen molar-refractivity contribution < 1.29 is 22.6 Å². The van der Waals surface area contributed by atoms with E-state index in [1.165, 1.54) is 0 Å². The molecule has 1 heterocycles. The second kappa shape index (κ2) is 3.43. The molecule has 0 aromatic rings. The van der Waals surface area contributed by atoms with Crippen LogP contribution in [0.3, 0.4) is 0 Å². The Morgan fingerprint density at radius 2 is 2.08 bits per heavy atom. The predicted octanol–water partition coefficient (Wildman–Crippen LogP) is -1.28. The van der Waals surface area contributed by atoms with Gasteiger partial charge in [0.1, 0.15) is 0 Å². The molecule has 0 aromatic carbocycles. The molecule has 1 atom stereocenters. The summed E-state index contributed by atoms with van der Waals surface area (Å²) in [6.07, 6.45) is 0.0741. The Bertz CT molecular complexity index is 317. The third kappa shape index (κ3) is 3.11. The maximum atomic E-state index is 10.7. The number of amides is 1. The van der Waals surface area contributed by atoms with Gasteiger partial charge in [-0.3, -0.25) is 14.1 Å². The molecular formula is C6H9NO5S. The van der Waals surface area contributed by atoms with Crippen molar-refractivity contribution in [2.75, 3.05) is 5.75 Å². The Kier molecular flexibility index (Phi) is 2.67. The number of hydrogen-bond donors (Lipinski definition) is 2. The van der Waals surface area contributed by atoms with E-state index in [9.17, 15) is 18.0 Å². The van der Waals surface area contributed by atoms with E-state index in [0.29, 0.717) is 0 Å². The molecule has 1 saturated heterocycles. The summed E-state index contributed by atoms with van der Waals surface area (Å²) in [5.41, 5.74) is 0. The smallest absolute Gasteiger partial charge is 0.287 e. The van der Waals surface area contributed by atoms with Gasteiger partial charge in [-0.1, -0.05) is 0 Å². The molecule has 0 radical (unpaired) electrons. The van der Waals surface area contributed by atoms with Crippen molar-refractivity contribution in [2.24, 2.45) is 0 Å². The van der Waals surface area contributed by atoms with Crippen LogP contribution in [0.1, 0.15) is 12.8 Å². The van der Waals surface area contributed by atoms with Crippen LogP contribution in [-0.2, 0) is 19.7 Å². The van der Waals surface area contributed by atoms with Crippen molar-refractivity contribution in [3.05, 3.63) is 0 Å². The molecule has 1 aliphatic heterocycles. The number of hydrogen-bond acceptors (Lipinski definition) is 4. The molecule has 74 valence electrons. The van der Waals surface area contributed by atoms with Crippen LogP contribution >= 0.6 is 0 Å². The number of nitrogens with one attached hydrogen (secondary N) is 1. The zero-order valence-electron chi connectivity index (χ0n) is 6.69. The van der Waals surface area contributed by atoms with Crippen molar-refractivity contribution in [1.82, 2.24) is 5.32 Å². The topological polar surface area (TPSA) is 101 Å². The minimum Gasteiger partial charge on any atom is -0.346 e. The third-order valence-corrected chi connectivity index (χ3v) is 2.50. The molecule has 6 nitrogen and oxygen atoms in total. The summed E-state index contributed by atoms with van der Waals surface area (Å²) in [6, 6.07) is -0.457. The second-order valence-electron chi connectivity index (χ2n) is 2.87. The predicted molar refractivity (Wildman–Crippen MR) is 42.6 cm³/mol. The van der Waals surface area contributed by atoms with Gasteiger partial charge in [0.2, 0.25) is 5.78 Å². The highest BCUT2D eigenvalue weighted by atomic mass is 32.2. The van der Waals surface area contributed by atoms with Gasteiger partial charge < -0.3 is 5.32 Å². The van der Waals surface area contributed by atoms with E-state index >= 15 is 0 Å². The molecule has 1 aliphatic rings. The fourth-order valence-corrected chi connectivity index (χ4v) is 1.68. The van der Waals surface area contributed by atoms with Crippen molar-refractivity contribution in [3.63, 3.8) is 0 Å². The molecule has 0 aromatic heterocycles. The van der Waals surface area contributed by atoms with Gasteiger partial charge in [0.05, 0.1) is 5.75 Å². The fraction of sp³-hybridized carbons (Fsp3) is 0.667. The lowest BCUT2D eigenvalue weighted by molar-refractivity contribution is -0.135. The van der Waals surface area contributed by atoms with Gasteiger partial charge in [0.15, 0.2) is 0 Å². The summed E-state index contributed by atoms with van der Waals surface area (Å²) >= 11 is 0. The lowest BCUT2D eigenvalue weighted by atomic mass is 10.2. The lowest BCUT2D eigenvalue weighted by Crippen LogP contribution is -2.28. The summed E-state index contributed by atoms with van der Waals surface area (Å²) < 4.78 is 29.0. The van der Waals surface area contributed by atoms with E-state index in [1.54, 1.807) is 0 Å². The molecule has 13 heavy (non-hydrogen) atoms. The molecule has 1 rings (SSSR count). The van der Waals surface area contributed by atoms with Crippen LogP contribution in [0, 0.1) is 0 Å². The van der Waals surface area contributed by atoms with Crippen LogP contribution in [0.15, 0.2) is 0 Å². The van der Waals surface area contributed by atoms with Gasteiger partial charge in [-0.05, 0) is 6.42 Å². The maximum absolute atomic E-state index is 10.7. The minimum atomic E-state index is -4.01. The molecule has 0 spiro atoms. The molecular weight excluding hydrogens is 198 g/mol.